The molecule has 0 aromatic carbocycles. The third kappa shape index (κ3) is 1010. The molecule has 0 fully saturated rings. The van der Waals surface area contributed by atoms with E-state index in [9.17, 15) is 0 Å². The Morgan fingerprint density at radius 3 is 0.286 bits per heavy atom. The first-order chi connectivity index (χ1) is 0. The molecule has 19 N–H and O–H groups in total. The normalized spacial score (nSPS) is 0. The molecule has 7 heavy (non-hydrogen) atoms. The van der Waals surface area contributed by atoms with Crippen molar-refractivity contribution < 1.29 is 11.0 Å². The average Bonchev–Trinajstić information content (AvgIpc) is 0. The molecule has 0 aromatic heterocycles. The molecule has 56 valence electrons. The van der Waals surface area contributed by atoms with Gasteiger partial charge in [-0.2, -0.15) is 0 Å². The summed E-state index contributed by atoms with van der Waals surface area (Å²) in [6, 6.07) is 0. The minimum Gasteiger partial charge on any atom is -0.412 e. The molecule has 0 aliphatic heterocycles. The SMILES string of the molecule is N.N.N.N.N.O.O. The van der Waals surface area contributed by atoms with Crippen LogP contribution in [0.2, 0.25) is 0 Å². The Morgan fingerprint density at radius 1 is 0.286 bits per heavy atom. The van der Waals surface area contributed by atoms with Crippen LogP contribution >= 0.6 is 0 Å². The predicted molar refractivity (Wildman–Crippen MR) is 32.3 cm³/mol. The third-order valence-corrected chi connectivity index (χ3v) is 0. The van der Waals surface area contributed by atoms with E-state index in [1.807, 2.05) is 0 Å². The Kier molecular flexibility index (Phi) is 651000. The van der Waals surface area contributed by atoms with E-state index in [-0.39, 0.29) is 41.7 Å². The maximum atomic E-state index is 0. The molecule has 0 saturated heterocycles. The highest BCUT2D eigenvalue weighted by molar-refractivity contribution is 2.14. The number of hydrogen-bond acceptors (Lipinski definition) is 5. The second-order valence-corrected chi connectivity index (χ2v) is 0. The summed E-state index contributed by atoms with van der Waals surface area (Å²) in [6.07, 6.45) is 0. The van der Waals surface area contributed by atoms with Gasteiger partial charge in [-0.25, -0.2) is 0 Å². The molecule has 0 radical (unpaired) electrons. The average molecular weight is 121 g/mol. The largest absolute Gasteiger partial charge is 0.412 e. The maximum absolute atomic E-state index is 0. The highest BCUT2D eigenvalue weighted by Crippen LogP contribution is -0.288. The van der Waals surface area contributed by atoms with Gasteiger partial charge in [0.15, 0.2) is 0 Å². The van der Waals surface area contributed by atoms with Crippen LogP contribution in [-0.2, 0) is 0 Å². The quantitative estimate of drug-likeness (QED) is 0.274. The van der Waals surface area contributed by atoms with E-state index in [1.165, 1.54) is 0 Å². The Labute approximate surface area is 43.0 Å². The van der Waals surface area contributed by atoms with Crippen LogP contribution in [0.5, 0.6) is 0 Å². The second-order valence-electron chi connectivity index (χ2n) is 0. The summed E-state index contributed by atoms with van der Waals surface area (Å²) in [5.41, 5.74) is 0. The smallest absolute Gasteiger partial charge is 0.344 e. The van der Waals surface area contributed by atoms with Gasteiger partial charge in [-0.3, -0.25) is 0 Å². The summed E-state index contributed by atoms with van der Waals surface area (Å²) in [5.74, 6) is 0. The summed E-state index contributed by atoms with van der Waals surface area (Å²) in [4.78, 5) is 0. The van der Waals surface area contributed by atoms with Crippen LogP contribution in [-0.4, -0.2) is 11.0 Å². The molecular weight excluding hydrogens is 102 g/mol. The van der Waals surface area contributed by atoms with Crippen LogP contribution in [0, 0.1) is 0 Å². The fourth-order valence-electron chi connectivity index (χ4n) is 0. The van der Waals surface area contributed by atoms with E-state index in [0.717, 1.165) is 0 Å². The summed E-state index contributed by atoms with van der Waals surface area (Å²) in [6.45, 7) is 0. The van der Waals surface area contributed by atoms with Gasteiger partial charge < -0.3 is 41.7 Å². The fourth-order valence-corrected chi connectivity index (χ4v) is 0. The van der Waals surface area contributed by atoms with Crippen LogP contribution in [0.3, 0.4) is 0 Å². The third-order valence-electron chi connectivity index (χ3n) is 0. The Hall–Kier alpha value is -0.280. The first-order valence-electron chi connectivity index (χ1n) is 0. The summed E-state index contributed by atoms with van der Waals surface area (Å²) < 4.78 is 0. The van der Waals surface area contributed by atoms with Crippen LogP contribution in [0.15, 0.2) is 0 Å². The van der Waals surface area contributed by atoms with Gasteiger partial charge in [0.2, 0.25) is 0 Å². The van der Waals surface area contributed by atoms with Crippen molar-refractivity contribution in [2.45, 2.75) is 0 Å². The van der Waals surface area contributed by atoms with Crippen LogP contribution < -0.4 is 30.8 Å². The van der Waals surface area contributed by atoms with Gasteiger partial charge in [-0.05, 0) is 0 Å². The molecule has 0 saturated carbocycles. The number of hydrogen-bond donors (Lipinski definition) is 5. The summed E-state index contributed by atoms with van der Waals surface area (Å²) in [7, 11) is 0. The zero-order chi connectivity index (χ0) is 0. The summed E-state index contributed by atoms with van der Waals surface area (Å²) in [5, 5.41) is 0. The van der Waals surface area contributed by atoms with Gasteiger partial charge in [-0.1, -0.05) is 0 Å². The minimum atomic E-state index is 0. The zero-order valence-corrected chi connectivity index (χ0v) is 4.54. The van der Waals surface area contributed by atoms with Crippen LogP contribution in [0.4, 0.5) is 0 Å². The van der Waals surface area contributed by atoms with Gasteiger partial charge in [0, 0.05) is 0 Å². The van der Waals surface area contributed by atoms with Crippen molar-refractivity contribution in [1.82, 2.24) is 30.8 Å². The van der Waals surface area contributed by atoms with E-state index >= 15 is 0 Å². The lowest BCUT2D eigenvalue weighted by molar-refractivity contribution is 0.823. The Bertz CT molecular complexity index is 6.04. The van der Waals surface area contributed by atoms with Crippen molar-refractivity contribution in [3.63, 3.8) is 0 Å². The van der Waals surface area contributed by atoms with Crippen molar-refractivity contribution in [2.75, 3.05) is 0 Å². The molecule has 0 aliphatic carbocycles. The zero-order valence-electron chi connectivity index (χ0n) is 4.54. The van der Waals surface area contributed by atoms with Gasteiger partial charge in [0.1, 0.15) is 0 Å². The van der Waals surface area contributed by atoms with Crippen molar-refractivity contribution in [1.29, 1.82) is 0 Å². The summed E-state index contributed by atoms with van der Waals surface area (Å²) >= 11 is 0. The lowest BCUT2D eigenvalue weighted by atomic mass is 14.0. The van der Waals surface area contributed by atoms with Gasteiger partial charge in [-0.15, -0.1) is 0 Å². The minimum absolute atomic E-state index is 0. The topological polar surface area (TPSA) is 238 Å². The first kappa shape index (κ1) is 2800. The van der Waals surface area contributed by atoms with E-state index in [1.54, 1.807) is 0 Å². The molecule has 7 nitrogen and oxygen atoms in total. The highest BCUT2D eigenvalue weighted by atomic mass is 16.0. The monoisotopic (exact) mass is 121 g/mol. The molecule has 7 heteroatoms. The second kappa shape index (κ2) is 1630. The van der Waals surface area contributed by atoms with Crippen molar-refractivity contribution in [3.05, 3.63) is 0 Å². The van der Waals surface area contributed by atoms with Gasteiger partial charge in [0.05, 0.1) is 0 Å². The molecule has 0 aromatic rings. The lowest BCUT2D eigenvalue weighted by Crippen LogP contribution is -0.482. The molecule has 0 bridgehead atoms. The van der Waals surface area contributed by atoms with Gasteiger partial charge >= 0.3 is 0 Å². The first-order valence-corrected chi connectivity index (χ1v) is 0. The van der Waals surface area contributed by atoms with E-state index in [2.05, 4.69) is 0 Å². The Morgan fingerprint density at radius 2 is 0.286 bits per heavy atom. The molecule has 0 heterocycles. The van der Waals surface area contributed by atoms with Crippen molar-refractivity contribution in [3.8, 4) is 0 Å². The highest BCUT2D eigenvalue weighted by Gasteiger charge is -0.340. The Balaban J connectivity index is 0. The number of rotatable bonds is 0. The molecule has 0 rings (SSSR count). The van der Waals surface area contributed by atoms with Crippen molar-refractivity contribution >= 4 is 0 Å². The maximum Gasteiger partial charge on any atom is -0.344 e. The molecule has 0 atom stereocenters. The van der Waals surface area contributed by atoms with Crippen LogP contribution in [0.25, 0.3) is 0 Å². The predicted octanol–water partition coefficient (Wildman–Crippen LogP) is -0.839. The standard InChI is InChI=1S/5H3N.2H2O/h5*1H3;2*1H2. The molecule has 0 amide bonds. The molecular formula is H19N5O2. The van der Waals surface area contributed by atoms with Crippen LogP contribution in [0.1, 0.15) is 0 Å². The van der Waals surface area contributed by atoms with E-state index in [0.29, 0.717) is 0 Å². The van der Waals surface area contributed by atoms with E-state index < -0.39 is 0 Å². The molecule has 0 unspecified atom stereocenters. The molecule has 0 spiro atoms. The van der Waals surface area contributed by atoms with E-state index in [4.69, 9.17) is 0 Å². The van der Waals surface area contributed by atoms with Gasteiger partial charge in [0.25, 0.3) is 0 Å². The molecule has 0 aliphatic rings. The lowest BCUT2D eigenvalue weighted by Gasteiger charge is -0.413. The van der Waals surface area contributed by atoms with Crippen molar-refractivity contribution in [2.24, 2.45) is 0 Å². The fraction of sp³-hybridized carbons (Fsp3) is 0.